The Hall–Kier alpha value is -0.760. The molecular formula is C12H21NO. The van der Waals surface area contributed by atoms with Crippen LogP contribution < -0.4 is 5.32 Å². The summed E-state index contributed by atoms with van der Waals surface area (Å²) in [4.78, 5) is 0. The van der Waals surface area contributed by atoms with Gasteiger partial charge >= 0.3 is 0 Å². The molecule has 80 valence electrons. The van der Waals surface area contributed by atoms with E-state index >= 15 is 0 Å². The zero-order valence-corrected chi connectivity index (χ0v) is 9.16. The van der Waals surface area contributed by atoms with Crippen molar-refractivity contribution >= 4 is 0 Å². The quantitative estimate of drug-likeness (QED) is 0.524. The Balaban J connectivity index is 2.77. The minimum Gasteiger partial charge on any atom is -0.513 e. The Morgan fingerprint density at radius 1 is 1.57 bits per heavy atom. The molecule has 2 N–H and O–H groups in total. The Kier molecular flexibility index (Phi) is 4.21. The summed E-state index contributed by atoms with van der Waals surface area (Å²) >= 11 is 0. The van der Waals surface area contributed by atoms with E-state index in [2.05, 4.69) is 18.8 Å². The van der Waals surface area contributed by atoms with Gasteiger partial charge < -0.3 is 10.4 Å². The van der Waals surface area contributed by atoms with E-state index in [0.29, 0.717) is 23.5 Å². The van der Waals surface area contributed by atoms with Gasteiger partial charge in [0, 0.05) is 0 Å². The van der Waals surface area contributed by atoms with Gasteiger partial charge in [0.05, 0.1) is 5.76 Å². The first-order chi connectivity index (χ1) is 6.65. The van der Waals surface area contributed by atoms with Crippen LogP contribution >= 0.6 is 0 Å². The minimum absolute atomic E-state index is 0.427. The van der Waals surface area contributed by atoms with Crippen molar-refractivity contribution in [1.29, 1.82) is 0 Å². The van der Waals surface area contributed by atoms with Gasteiger partial charge in [-0.15, -0.1) is 6.58 Å². The fourth-order valence-electron chi connectivity index (χ4n) is 2.26. The second-order valence-corrected chi connectivity index (χ2v) is 4.26. The van der Waals surface area contributed by atoms with E-state index in [0.717, 1.165) is 19.5 Å². The van der Waals surface area contributed by atoms with Crippen molar-refractivity contribution in [2.75, 3.05) is 13.1 Å². The molecule has 0 spiro atoms. The van der Waals surface area contributed by atoms with E-state index in [1.165, 1.54) is 0 Å². The minimum atomic E-state index is 0.427. The van der Waals surface area contributed by atoms with E-state index in [-0.39, 0.29) is 0 Å². The lowest BCUT2D eigenvalue weighted by atomic mass is 9.81. The van der Waals surface area contributed by atoms with Crippen LogP contribution in [0.25, 0.3) is 0 Å². The van der Waals surface area contributed by atoms with Crippen LogP contribution in [-0.2, 0) is 0 Å². The number of aliphatic hydroxyl groups excluding tert-OH is 1. The van der Waals surface area contributed by atoms with Crippen molar-refractivity contribution in [3.8, 4) is 0 Å². The van der Waals surface area contributed by atoms with Gasteiger partial charge in [0.2, 0.25) is 0 Å². The fraction of sp³-hybridized carbons (Fsp3) is 0.667. The first kappa shape index (κ1) is 11.3. The summed E-state index contributed by atoms with van der Waals surface area (Å²) in [5.41, 5.74) is 0. The van der Waals surface area contributed by atoms with Crippen molar-refractivity contribution in [3.05, 3.63) is 24.5 Å². The van der Waals surface area contributed by atoms with Gasteiger partial charge in [-0.25, -0.2) is 0 Å². The molecule has 0 aliphatic carbocycles. The Bertz CT molecular complexity index is 218. The maximum absolute atomic E-state index is 9.30. The van der Waals surface area contributed by atoms with Crippen LogP contribution in [0.3, 0.4) is 0 Å². The molecular weight excluding hydrogens is 174 g/mol. The molecule has 14 heavy (non-hydrogen) atoms. The summed E-state index contributed by atoms with van der Waals surface area (Å²) in [6.07, 6.45) is 5.08. The lowest BCUT2D eigenvalue weighted by Gasteiger charge is -2.23. The van der Waals surface area contributed by atoms with Crippen LogP contribution in [-0.4, -0.2) is 18.2 Å². The molecule has 0 aromatic rings. The highest BCUT2D eigenvalue weighted by Crippen LogP contribution is 2.28. The number of allylic oxidation sites excluding steroid dienone is 3. The fourth-order valence-corrected chi connectivity index (χ4v) is 2.26. The number of hydrogen-bond acceptors (Lipinski definition) is 2. The Labute approximate surface area is 86.7 Å². The largest absolute Gasteiger partial charge is 0.513 e. The number of aliphatic hydroxyl groups is 1. The third kappa shape index (κ3) is 2.88. The molecule has 1 aliphatic heterocycles. The van der Waals surface area contributed by atoms with E-state index in [1.54, 1.807) is 6.92 Å². The summed E-state index contributed by atoms with van der Waals surface area (Å²) in [6, 6.07) is 0. The van der Waals surface area contributed by atoms with Crippen LogP contribution in [0, 0.1) is 17.8 Å². The average Bonchev–Trinajstić information content (AvgIpc) is 2.27. The zero-order chi connectivity index (χ0) is 10.6. The third-order valence-electron chi connectivity index (χ3n) is 3.00. The second kappa shape index (κ2) is 5.20. The molecule has 0 bridgehead atoms. The molecule has 0 amide bonds. The van der Waals surface area contributed by atoms with Crippen LogP contribution in [0.4, 0.5) is 0 Å². The topological polar surface area (TPSA) is 32.3 Å². The summed E-state index contributed by atoms with van der Waals surface area (Å²) < 4.78 is 0. The maximum atomic E-state index is 9.30. The summed E-state index contributed by atoms with van der Waals surface area (Å²) in [5.74, 6) is 1.93. The smallest absolute Gasteiger partial charge is 0.0855 e. The number of rotatable bonds is 2. The van der Waals surface area contributed by atoms with Gasteiger partial charge in [0.15, 0.2) is 0 Å². The monoisotopic (exact) mass is 195 g/mol. The van der Waals surface area contributed by atoms with Crippen molar-refractivity contribution in [2.45, 2.75) is 20.3 Å². The number of nitrogens with one attached hydrogen (secondary N) is 1. The molecule has 1 saturated heterocycles. The molecule has 1 aliphatic rings. The molecule has 1 fully saturated rings. The predicted molar refractivity (Wildman–Crippen MR) is 60.2 cm³/mol. The van der Waals surface area contributed by atoms with Gasteiger partial charge in [-0.3, -0.25) is 0 Å². The summed E-state index contributed by atoms with van der Waals surface area (Å²) in [5, 5.41) is 12.7. The van der Waals surface area contributed by atoms with Crippen molar-refractivity contribution in [2.24, 2.45) is 17.8 Å². The van der Waals surface area contributed by atoms with E-state index in [9.17, 15) is 5.11 Å². The van der Waals surface area contributed by atoms with E-state index < -0.39 is 0 Å². The molecule has 2 nitrogen and oxygen atoms in total. The van der Waals surface area contributed by atoms with Gasteiger partial charge in [-0.05, 0) is 50.3 Å². The normalized spacial score (nSPS) is 35.0. The van der Waals surface area contributed by atoms with E-state index in [1.807, 2.05) is 12.2 Å². The lowest BCUT2D eigenvalue weighted by molar-refractivity contribution is 0.344. The van der Waals surface area contributed by atoms with Gasteiger partial charge in [0.1, 0.15) is 0 Å². The highest BCUT2D eigenvalue weighted by Gasteiger charge is 2.25. The molecule has 3 atom stereocenters. The molecule has 0 aromatic carbocycles. The Morgan fingerprint density at radius 3 is 2.86 bits per heavy atom. The molecule has 0 aromatic heterocycles. The molecule has 0 radical (unpaired) electrons. The van der Waals surface area contributed by atoms with Crippen LogP contribution in [0.1, 0.15) is 20.3 Å². The molecule has 1 rings (SSSR count). The van der Waals surface area contributed by atoms with Crippen LogP contribution in [0.15, 0.2) is 24.5 Å². The van der Waals surface area contributed by atoms with Crippen LogP contribution in [0.2, 0.25) is 0 Å². The lowest BCUT2D eigenvalue weighted by Crippen LogP contribution is -2.22. The van der Waals surface area contributed by atoms with E-state index in [4.69, 9.17) is 0 Å². The standard InChI is InChI=1S/C12H21NO/c1-4-12-9(2)8-13-6-5-11(12)7-10(3)14/h4,7,9,11-14H,1,5-6,8H2,2-3H3/b10-7+. The highest BCUT2D eigenvalue weighted by molar-refractivity contribution is 5.02. The third-order valence-corrected chi connectivity index (χ3v) is 3.00. The van der Waals surface area contributed by atoms with Crippen molar-refractivity contribution in [1.82, 2.24) is 5.32 Å². The summed E-state index contributed by atoms with van der Waals surface area (Å²) in [7, 11) is 0. The van der Waals surface area contributed by atoms with Gasteiger partial charge in [0.25, 0.3) is 0 Å². The zero-order valence-electron chi connectivity index (χ0n) is 9.16. The second-order valence-electron chi connectivity index (χ2n) is 4.26. The maximum Gasteiger partial charge on any atom is 0.0855 e. The molecule has 3 unspecified atom stereocenters. The predicted octanol–water partition coefficient (Wildman–Crippen LogP) is 2.50. The Morgan fingerprint density at radius 2 is 2.29 bits per heavy atom. The average molecular weight is 195 g/mol. The van der Waals surface area contributed by atoms with Crippen molar-refractivity contribution in [3.63, 3.8) is 0 Å². The molecule has 0 saturated carbocycles. The van der Waals surface area contributed by atoms with Gasteiger partial charge in [-0.2, -0.15) is 0 Å². The summed E-state index contributed by atoms with van der Waals surface area (Å²) in [6.45, 7) is 9.95. The molecule has 1 heterocycles. The van der Waals surface area contributed by atoms with Gasteiger partial charge in [-0.1, -0.05) is 13.0 Å². The first-order valence-corrected chi connectivity index (χ1v) is 5.35. The highest BCUT2D eigenvalue weighted by atomic mass is 16.3. The van der Waals surface area contributed by atoms with Crippen molar-refractivity contribution < 1.29 is 5.11 Å². The SMILES string of the molecule is C=CC1C(C)CNCCC1/C=C(\C)O. The number of hydrogen-bond donors (Lipinski definition) is 2. The first-order valence-electron chi connectivity index (χ1n) is 5.35. The molecule has 2 heteroatoms. The van der Waals surface area contributed by atoms with Crippen LogP contribution in [0.5, 0.6) is 0 Å².